The molecule has 1 amide bonds. The van der Waals surface area contributed by atoms with E-state index in [-0.39, 0.29) is 35.4 Å². The van der Waals surface area contributed by atoms with Gasteiger partial charge in [0.05, 0.1) is 7.11 Å². The van der Waals surface area contributed by atoms with Crippen LogP contribution in [-0.2, 0) is 26.2 Å². The molecular weight excluding hydrogens is 500 g/mol. The lowest BCUT2D eigenvalue weighted by Gasteiger charge is -2.56. The SMILES string of the molecule is C=CCN1CC[C@@]2(c3cccc(OC)c3)C[C@@H](N(C)C(=O)CCCCCc3ccccc3)CC(OC(C)=O)[C@@H]2C1. The van der Waals surface area contributed by atoms with Crippen LogP contribution in [0.5, 0.6) is 5.75 Å². The highest BCUT2D eigenvalue weighted by atomic mass is 16.5. The topological polar surface area (TPSA) is 59.1 Å². The van der Waals surface area contributed by atoms with Gasteiger partial charge in [-0.05, 0) is 61.9 Å². The van der Waals surface area contributed by atoms with E-state index in [1.54, 1.807) is 7.11 Å². The minimum absolute atomic E-state index is 0.00502. The molecule has 0 spiro atoms. The van der Waals surface area contributed by atoms with E-state index in [0.29, 0.717) is 12.8 Å². The maximum atomic E-state index is 13.4. The quantitative estimate of drug-likeness (QED) is 0.191. The van der Waals surface area contributed by atoms with Gasteiger partial charge < -0.3 is 14.4 Å². The van der Waals surface area contributed by atoms with Crippen molar-refractivity contribution in [1.82, 2.24) is 9.80 Å². The number of esters is 1. The van der Waals surface area contributed by atoms with Crippen molar-refractivity contribution in [1.29, 1.82) is 0 Å². The smallest absolute Gasteiger partial charge is 0.302 e. The largest absolute Gasteiger partial charge is 0.497 e. The summed E-state index contributed by atoms with van der Waals surface area (Å²) in [7, 11) is 3.63. The summed E-state index contributed by atoms with van der Waals surface area (Å²) in [6.45, 7) is 8.00. The number of piperidine rings is 1. The van der Waals surface area contributed by atoms with Gasteiger partial charge in [0.2, 0.25) is 5.91 Å². The van der Waals surface area contributed by atoms with Gasteiger partial charge in [0.25, 0.3) is 0 Å². The van der Waals surface area contributed by atoms with Crippen LogP contribution in [0.25, 0.3) is 0 Å². The molecule has 6 nitrogen and oxygen atoms in total. The Morgan fingerprint density at radius 1 is 1.12 bits per heavy atom. The maximum absolute atomic E-state index is 13.4. The molecule has 1 saturated heterocycles. The Hall–Kier alpha value is -3.12. The Balaban J connectivity index is 1.50. The third kappa shape index (κ3) is 7.14. The van der Waals surface area contributed by atoms with Gasteiger partial charge in [-0.1, -0.05) is 55.0 Å². The van der Waals surface area contributed by atoms with E-state index in [4.69, 9.17) is 9.47 Å². The molecule has 1 unspecified atom stereocenters. The molecule has 4 atom stereocenters. The molecule has 6 heteroatoms. The standard InChI is InChI=1S/C34H46N2O4/c1-5-20-36-21-19-34(28-16-12-17-30(22-28)39-4)24-29(23-32(31(34)25-36)40-26(2)37)35(3)33(38)18-11-7-10-15-27-13-8-6-9-14-27/h5-6,8-9,12-14,16-17,22,29,31-32H,1,7,10-11,15,18-21,23-25H2,2-4H3/t29-,31-,32?,34-/m0/s1. The van der Waals surface area contributed by atoms with E-state index in [1.807, 2.05) is 36.2 Å². The highest BCUT2D eigenvalue weighted by Gasteiger charge is 2.54. The number of carbonyl (C=O) groups is 2. The van der Waals surface area contributed by atoms with Gasteiger partial charge in [-0.2, -0.15) is 0 Å². The normalized spacial score (nSPS) is 24.5. The molecule has 4 rings (SSSR count). The van der Waals surface area contributed by atoms with Gasteiger partial charge in [-0.25, -0.2) is 0 Å². The van der Waals surface area contributed by atoms with Gasteiger partial charge in [-0.3, -0.25) is 14.5 Å². The summed E-state index contributed by atoms with van der Waals surface area (Å²) in [6.07, 6.45) is 8.70. The molecule has 1 aliphatic heterocycles. The molecule has 2 aromatic carbocycles. The lowest BCUT2D eigenvalue weighted by molar-refractivity contribution is -0.160. The summed E-state index contributed by atoms with van der Waals surface area (Å²) in [4.78, 5) is 30.1. The Kier molecular flexibility index (Phi) is 10.4. The number of carbonyl (C=O) groups excluding carboxylic acids is 2. The highest BCUT2D eigenvalue weighted by Crippen LogP contribution is 2.51. The number of aryl methyl sites for hydroxylation is 1. The minimum Gasteiger partial charge on any atom is -0.497 e. The second-order valence-corrected chi connectivity index (χ2v) is 11.6. The van der Waals surface area contributed by atoms with Crippen molar-refractivity contribution in [2.75, 3.05) is 33.8 Å². The van der Waals surface area contributed by atoms with E-state index < -0.39 is 0 Å². The zero-order valence-corrected chi connectivity index (χ0v) is 24.5. The van der Waals surface area contributed by atoms with Gasteiger partial charge in [0.1, 0.15) is 11.9 Å². The fourth-order valence-corrected chi connectivity index (χ4v) is 6.95. The fraction of sp³-hybridized carbons (Fsp3) is 0.529. The van der Waals surface area contributed by atoms with Crippen LogP contribution in [-0.4, -0.2) is 67.6 Å². The minimum atomic E-state index is -0.267. The van der Waals surface area contributed by atoms with Crippen LogP contribution in [0.15, 0.2) is 67.3 Å². The summed E-state index contributed by atoms with van der Waals surface area (Å²) in [5, 5.41) is 0. The Morgan fingerprint density at radius 2 is 1.93 bits per heavy atom. The molecule has 0 bridgehead atoms. The van der Waals surface area contributed by atoms with Crippen molar-refractivity contribution in [3.8, 4) is 5.75 Å². The first kappa shape index (κ1) is 29.9. The monoisotopic (exact) mass is 546 g/mol. The average Bonchev–Trinajstić information content (AvgIpc) is 2.97. The summed E-state index contributed by atoms with van der Waals surface area (Å²) < 4.78 is 11.6. The Morgan fingerprint density at radius 3 is 2.65 bits per heavy atom. The van der Waals surface area contributed by atoms with Gasteiger partial charge in [-0.15, -0.1) is 6.58 Å². The van der Waals surface area contributed by atoms with Crippen LogP contribution in [0, 0.1) is 5.92 Å². The molecule has 40 heavy (non-hydrogen) atoms. The number of hydrogen-bond acceptors (Lipinski definition) is 5. The molecule has 1 saturated carbocycles. The van der Waals surface area contributed by atoms with Gasteiger partial charge >= 0.3 is 5.97 Å². The molecule has 2 aromatic rings. The van der Waals surface area contributed by atoms with Gasteiger partial charge in [0, 0.05) is 57.3 Å². The number of nitrogens with zero attached hydrogens (tertiary/aromatic N) is 2. The maximum Gasteiger partial charge on any atom is 0.302 e. The van der Waals surface area contributed by atoms with Gasteiger partial charge in [0.15, 0.2) is 0 Å². The van der Waals surface area contributed by atoms with E-state index in [9.17, 15) is 9.59 Å². The molecular formula is C34H46N2O4. The summed E-state index contributed by atoms with van der Waals surface area (Å²) in [5.74, 6) is 0.855. The number of rotatable bonds is 12. The molecule has 0 N–H and O–H groups in total. The lowest BCUT2D eigenvalue weighted by Crippen LogP contribution is -2.61. The van der Waals surface area contributed by atoms with Crippen LogP contribution in [0.3, 0.4) is 0 Å². The van der Waals surface area contributed by atoms with Crippen LogP contribution in [0.4, 0.5) is 0 Å². The average molecular weight is 547 g/mol. The number of unbranched alkanes of at least 4 members (excludes halogenated alkanes) is 2. The van der Waals surface area contributed by atoms with Crippen molar-refractivity contribution < 1.29 is 19.1 Å². The number of ether oxygens (including phenoxy) is 2. The predicted molar refractivity (Wildman–Crippen MR) is 159 cm³/mol. The number of fused-ring (bicyclic) bond motifs is 1. The van der Waals surface area contributed by atoms with Crippen molar-refractivity contribution in [3.05, 3.63) is 78.4 Å². The molecule has 2 aliphatic rings. The van der Waals surface area contributed by atoms with E-state index in [1.165, 1.54) is 18.1 Å². The predicted octanol–water partition coefficient (Wildman–Crippen LogP) is 5.80. The molecule has 216 valence electrons. The Bertz CT molecular complexity index is 1140. The van der Waals surface area contributed by atoms with Crippen LogP contribution >= 0.6 is 0 Å². The van der Waals surface area contributed by atoms with Crippen molar-refractivity contribution in [2.45, 2.75) is 75.9 Å². The first-order valence-corrected chi connectivity index (χ1v) is 14.8. The van der Waals surface area contributed by atoms with Crippen LogP contribution in [0.2, 0.25) is 0 Å². The molecule has 2 fully saturated rings. The first-order chi connectivity index (χ1) is 19.4. The highest BCUT2D eigenvalue weighted by molar-refractivity contribution is 5.76. The Labute approximate surface area is 240 Å². The second-order valence-electron chi connectivity index (χ2n) is 11.6. The van der Waals surface area contributed by atoms with Crippen molar-refractivity contribution in [3.63, 3.8) is 0 Å². The van der Waals surface area contributed by atoms with Crippen LogP contribution < -0.4 is 4.74 Å². The number of methoxy groups -OCH3 is 1. The zero-order chi connectivity index (χ0) is 28.5. The van der Waals surface area contributed by atoms with Crippen LogP contribution in [0.1, 0.15) is 63.0 Å². The third-order valence-corrected chi connectivity index (χ3v) is 9.08. The van der Waals surface area contributed by atoms with Crippen molar-refractivity contribution >= 4 is 11.9 Å². The molecule has 1 aliphatic carbocycles. The summed E-state index contributed by atoms with van der Waals surface area (Å²) >= 11 is 0. The van der Waals surface area contributed by atoms with Crippen molar-refractivity contribution in [2.24, 2.45) is 5.92 Å². The first-order valence-electron chi connectivity index (χ1n) is 14.8. The summed E-state index contributed by atoms with van der Waals surface area (Å²) in [5.41, 5.74) is 2.33. The molecule has 0 radical (unpaired) electrons. The number of hydrogen-bond donors (Lipinski definition) is 0. The molecule has 1 heterocycles. The third-order valence-electron chi connectivity index (χ3n) is 9.08. The molecule has 0 aromatic heterocycles. The lowest BCUT2D eigenvalue weighted by atomic mass is 9.56. The second kappa shape index (κ2) is 14.0. The number of benzene rings is 2. The van der Waals surface area contributed by atoms with E-state index >= 15 is 0 Å². The summed E-state index contributed by atoms with van der Waals surface area (Å²) in [6, 6.07) is 18.8. The van der Waals surface area contributed by atoms with E-state index in [2.05, 4.69) is 47.9 Å². The fourth-order valence-electron chi connectivity index (χ4n) is 6.95. The van der Waals surface area contributed by atoms with E-state index in [0.717, 1.165) is 63.9 Å². The number of amides is 1. The zero-order valence-electron chi connectivity index (χ0n) is 24.5. The number of likely N-dealkylation sites (tertiary alicyclic amines) is 1.